The summed E-state index contributed by atoms with van der Waals surface area (Å²) in [5, 5.41) is 0. The highest BCUT2D eigenvalue weighted by Crippen LogP contribution is 2.38. The van der Waals surface area contributed by atoms with Gasteiger partial charge in [0.2, 0.25) is 0 Å². The van der Waals surface area contributed by atoms with Gasteiger partial charge in [-0.1, -0.05) is 12.8 Å². The molecule has 4 heteroatoms. The molecule has 0 aromatic carbocycles. The Morgan fingerprint density at radius 3 is 2.67 bits per heavy atom. The summed E-state index contributed by atoms with van der Waals surface area (Å²) in [7, 11) is 0. The number of esters is 1. The first kappa shape index (κ1) is 13.8. The first-order chi connectivity index (χ1) is 8.53. The summed E-state index contributed by atoms with van der Waals surface area (Å²) in [6.07, 6.45) is 4.27. The van der Waals surface area contributed by atoms with E-state index >= 15 is 0 Å². The predicted octanol–water partition coefficient (Wildman–Crippen LogP) is 2.51. The second kappa shape index (κ2) is 5.57. The van der Waals surface area contributed by atoms with Crippen LogP contribution in [0, 0.1) is 11.8 Å². The molecule has 2 aliphatic rings. The van der Waals surface area contributed by atoms with E-state index in [9.17, 15) is 4.79 Å². The average molecular weight is 256 g/mol. The fourth-order valence-electron chi connectivity index (χ4n) is 3.07. The molecule has 1 heterocycles. The summed E-state index contributed by atoms with van der Waals surface area (Å²) < 4.78 is 16.7. The summed E-state index contributed by atoms with van der Waals surface area (Å²) in [6, 6.07) is 0. The van der Waals surface area contributed by atoms with E-state index in [1.165, 1.54) is 6.42 Å². The quantitative estimate of drug-likeness (QED) is 0.728. The fraction of sp³-hybridized carbons (Fsp3) is 0.929. The lowest BCUT2D eigenvalue weighted by Crippen LogP contribution is -2.38. The highest BCUT2D eigenvalue weighted by molar-refractivity contribution is 5.73. The van der Waals surface area contributed by atoms with Crippen LogP contribution in [0.4, 0.5) is 0 Å². The van der Waals surface area contributed by atoms with Gasteiger partial charge in [0.05, 0.1) is 25.2 Å². The summed E-state index contributed by atoms with van der Waals surface area (Å²) in [6.45, 7) is 6.75. The van der Waals surface area contributed by atoms with Gasteiger partial charge in [-0.05, 0) is 33.6 Å². The Bertz CT molecular complexity index is 300. The maximum atomic E-state index is 12.0. The average Bonchev–Trinajstić information content (AvgIpc) is 2.70. The van der Waals surface area contributed by atoms with Crippen LogP contribution in [-0.2, 0) is 19.0 Å². The maximum Gasteiger partial charge on any atom is 0.309 e. The van der Waals surface area contributed by atoms with E-state index in [1.807, 2.05) is 20.8 Å². The van der Waals surface area contributed by atoms with E-state index in [2.05, 4.69) is 0 Å². The summed E-state index contributed by atoms with van der Waals surface area (Å²) in [4.78, 5) is 12.0. The van der Waals surface area contributed by atoms with Crippen LogP contribution in [0.1, 0.15) is 46.5 Å². The van der Waals surface area contributed by atoms with E-state index in [-0.39, 0.29) is 23.9 Å². The molecule has 0 N–H and O–H groups in total. The smallest absolute Gasteiger partial charge is 0.309 e. The molecule has 2 fully saturated rings. The molecule has 0 spiro atoms. The summed E-state index contributed by atoms with van der Waals surface area (Å²) in [5.74, 6) is -0.335. The Morgan fingerprint density at radius 2 is 2.06 bits per heavy atom. The van der Waals surface area contributed by atoms with E-state index in [1.54, 1.807) is 0 Å². The van der Waals surface area contributed by atoms with Crippen LogP contribution in [-0.4, -0.2) is 31.1 Å². The molecule has 2 rings (SSSR count). The van der Waals surface area contributed by atoms with Gasteiger partial charge in [0.15, 0.2) is 5.79 Å². The molecule has 1 saturated heterocycles. The molecule has 0 aromatic rings. The van der Waals surface area contributed by atoms with E-state index in [4.69, 9.17) is 14.2 Å². The molecule has 0 aromatic heterocycles. The van der Waals surface area contributed by atoms with Crippen molar-refractivity contribution in [3.8, 4) is 0 Å². The van der Waals surface area contributed by atoms with Crippen LogP contribution in [0.2, 0.25) is 0 Å². The van der Waals surface area contributed by atoms with Gasteiger partial charge in [0.25, 0.3) is 0 Å². The van der Waals surface area contributed by atoms with E-state index in [0.717, 1.165) is 19.3 Å². The standard InChI is InChI=1S/C14H24O4/c1-4-16-13(15)11-8-6-5-7-10(11)12-9-17-14(2,3)18-12/h10-12H,4-9H2,1-3H3/t10-,11+,12+/m0/s1. The summed E-state index contributed by atoms with van der Waals surface area (Å²) in [5.41, 5.74) is 0. The molecular weight excluding hydrogens is 232 g/mol. The van der Waals surface area contributed by atoms with Crippen molar-refractivity contribution in [1.29, 1.82) is 0 Å². The van der Waals surface area contributed by atoms with Gasteiger partial charge in [-0.3, -0.25) is 4.79 Å². The molecule has 0 unspecified atom stereocenters. The zero-order valence-corrected chi connectivity index (χ0v) is 11.6. The second-order valence-corrected chi connectivity index (χ2v) is 5.67. The third kappa shape index (κ3) is 3.04. The van der Waals surface area contributed by atoms with Crippen molar-refractivity contribution in [2.45, 2.75) is 58.3 Å². The molecular formula is C14H24O4. The molecule has 0 bridgehead atoms. The van der Waals surface area contributed by atoms with Crippen molar-refractivity contribution in [3.63, 3.8) is 0 Å². The largest absolute Gasteiger partial charge is 0.466 e. The Kier molecular flexibility index (Phi) is 4.28. The highest BCUT2D eigenvalue weighted by atomic mass is 16.7. The Balaban J connectivity index is 2.02. The number of hydrogen-bond donors (Lipinski definition) is 0. The number of carbonyl (C=O) groups is 1. The Morgan fingerprint density at radius 1 is 1.33 bits per heavy atom. The fourth-order valence-corrected chi connectivity index (χ4v) is 3.07. The third-order valence-corrected chi connectivity index (χ3v) is 3.92. The van der Waals surface area contributed by atoms with Crippen molar-refractivity contribution in [1.82, 2.24) is 0 Å². The highest BCUT2D eigenvalue weighted by Gasteiger charge is 2.43. The number of hydrogen-bond acceptors (Lipinski definition) is 4. The van der Waals surface area contributed by atoms with Crippen LogP contribution in [0.5, 0.6) is 0 Å². The lowest BCUT2D eigenvalue weighted by molar-refractivity contribution is -0.163. The van der Waals surface area contributed by atoms with Crippen molar-refractivity contribution < 1.29 is 19.0 Å². The second-order valence-electron chi connectivity index (χ2n) is 5.67. The Hall–Kier alpha value is -0.610. The van der Waals surface area contributed by atoms with Gasteiger partial charge < -0.3 is 14.2 Å². The zero-order chi connectivity index (χ0) is 13.2. The molecule has 18 heavy (non-hydrogen) atoms. The third-order valence-electron chi connectivity index (χ3n) is 3.92. The zero-order valence-electron chi connectivity index (χ0n) is 11.6. The lowest BCUT2D eigenvalue weighted by atomic mass is 9.76. The van der Waals surface area contributed by atoms with Gasteiger partial charge in [-0.25, -0.2) is 0 Å². The molecule has 1 aliphatic heterocycles. The van der Waals surface area contributed by atoms with Crippen LogP contribution >= 0.6 is 0 Å². The normalized spacial score (nSPS) is 35.4. The van der Waals surface area contributed by atoms with Crippen LogP contribution < -0.4 is 0 Å². The van der Waals surface area contributed by atoms with Crippen molar-refractivity contribution in [2.24, 2.45) is 11.8 Å². The van der Waals surface area contributed by atoms with E-state index < -0.39 is 5.79 Å². The first-order valence-electron chi connectivity index (χ1n) is 7.02. The topological polar surface area (TPSA) is 44.8 Å². The SMILES string of the molecule is CCOC(=O)[C@@H]1CCCC[C@@H]1[C@H]1COC(C)(C)O1. The maximum absolute atomic E-state index is 12.0. The van der Waals surface area contributed by atoms with Crippen molar-refractivity contribution in [3.05, 3.63) is 0 Å². The van der Waals surface area contributed by atoms with Gasteiger partial charge in [-0.15, -0.1) is 0 Å². The van der Waals surface area contributed by atoms with Crippen LogP contribution in [0.3, 0.4) is 0 Å². The summed E-state index contributed by atoms with van der Waals surface area (Å²) >= 11 is 0. The van der Waals surface area contributed by atoms with Crippen molar-refractivity contribution >= 4 is 5.97 Å². The molecule has 3 atom stereocenters. The van der Waals surface area contributed by atoms with Gasteiger partial charge in [0.1, 0.15) is 0 Å². The molecule has 1 saturated carbocycles. The van der Waals surface area contributed by atoms with Crippen LogP contribution in [0.15, 0.2) is 0 Å². The Labute approximate surface area is 109 Å². The number of ether oxygens (including phenoxy) is 3. The van der Waals surface area contributed by atoms with Crippen LogP contribution in [0.25, 0.3) is 0 Å². The van der Waals surface area contributed by atoms with Gasteiger partial charge >= 0.3 is 5.97 Å². The minimum Gasteiger partial charge on any atom is -0.466 e. The van der Waals surface area contributed by atoms with Gasteiger partial charge in [0, 0.05) is 5.92 Å². The number of rotatable bonds is 3. The van der Waals surface area contributed by atoms with Crippen molar-refractivity contribution in [2.75, 3.05) is 13.2 Å². The minimum absolute atomic E-state index is 0.0128. The molecule has 0 amide bonds. The molecule has 1 aliphatic carbocycles. The first-order valence-corrected chi connectivity index (χ1v) is 7.02. The van der Waals surface area contributed by atoms with Gasteiger partial charge in [-0.2, -0.15) is 0 Å². The minimum atomic E-state index is -0.513. The molecule has 4 nitrogen and oxygen atoms in total. The monoisotopic (exact) mass is 256 g/mol. The lowest BCUT2D eigenvalue weighted by Gasteiger charge is -2.33. The van der Waals surface area contributed by atoms with E-state index in [0.29, 0.717) is 13.2 Å². The predicted molar refractivity (Wildman–Crippen MR) is 67.0 cm³/mol. The molecule has 0 radical (unpaired) electrons. The molecule has 104 valence electrons. The number of carbonyl (C=O) groups excluding carboxylic acids is 1.